The predicted molar refractivity (Wildman–Crippen MR) is 100 cm³/mol. The number of hydrogen-bond acceptors (Lipinski definition) is 2. The summed E-state index contributed by atoms with van der Waals surface area (Å²) in [6, 6.07) is 23.1. The van der Waals surface area contributed by atoms with Crippen molar-refractivity contribution in [2.75, 3.05) is 10.6 Å². The smallest absolute Gasteiger partial charge is 0.255 e. The minimum atomic E-state index is -0.120. The quantitative estimate of drug-likeness (QED) is 0.686. The van der Waals surface area contributed by atoms with Gasteiger partial charge in [0.05, 0.1) is 11.4 Å². The molecule has 0 saturated carbocycles. The monoisotopic (exact) mass is 316 g/mol. The van der Waals surface area contributed by atoms with E-state index in [2.05, 4.69) is 30.5 Å². The number of benzene rings is 3. The van der Waals surface area contributed by atoms with Gasteiger partial charge in [-0.15, -0.1) is 0 Å². The van der Waals surface area contributed by atoms with E-state index >= 15 is 0 Å². The van der Waals surface area contributed by atoms with Gasteiger partial charge in [0.1, 0.15) is 0 Å². The normalized spacial score (nSPS) is 10.2. The van der Waals surface area contributed by atoms with Gasteiger partial charge >= 0.3 is 0 Å². The molecule has 0 saturated heterocycles. The minimum absolute atomic E-state index is 0.120. The molecule has 0 unspecified atom stereocenters. The van der Waals surface area contributed by atoms with Crippen LogP contribution >= 0.6 is 0 Å². The summed E-state index contributed by atoms with van der Waals surface area (Å²) >= 11 is 0. The third kappa shape index (κ3) is 3.46. The van der Waals surface area contributed by atoms with E-state index in [0.717, 1.165) is 17.1 Å². The molecule has 0 aromatic heterocycles. The van der Waals surface area contributed by atoms with Gasteiger partial charge in [-0.05, 0) is 55.3 Å². The molecule has 2 N–H and O–H groups in total. The molecule has 0 aliphatic heterocycles. The number of nitrogens with one attached hydrogen (secondary N) is 2. The zero-order valence-electron chi connectivity index (χ0n) is 13.8. The largest absolute Gasteiger partial charge is 0.354 e. The molecular weight excluding hydrogens is 296 g/mol. The van der Waals surface area contributed by atoms with Crippen molar-refractivity contribution in [3.05, 3.63) is 89.5 Å². The second kappa shape index (κ2) is 7.01. The van der Waals surface area contributed by atoms with Gasteiger partial charge in [0.25, 0.3) is 5.91 Å². The lowest BCUT2D eigenvalue weighted by atomic mass is 10.1. The number of anilines is 3. The van der Waals surface area contributed by atoms with Crippen LogP contribution in [-0.4, -0.2) is 5.91 Å². The van der Waals surface area contributed by atoms with E-state index < -0.39 is 0 Å². The lowest BCUT2D eigenvalue weighted by molar-refractivity contribution is 0.102. The summed E-state index contributed by atoms with van der Waals surface area (Å²) in [5, 5.41) is 6.40. The highest BCUT2D eigenvalue weighted by atomic mass is 16.1. The molecule has 3 aromatic carbocycles. The van der Waals surface area contributed by atoms with Crippen LogP contribution in [0.25, 0.3) is 0 Å². The zero-order valence-corrected chi connectivity index (χ0v) is 13.8. The highest BCUT2D eigenvalue weighted by molar-refractivity contribution is 6.06. The fourth-order valence-corrected chi connectivity index (χ4v) is 2.52. The molecule has 0 heterocycles. The molecule has 24 heavy (non-hydrogen) atoms. The number of carbonyl (C=O) groups excluding carboxylic acids is 1. The maximum absolute atomic E-state index is 12.4. The molecule has 3 rings (SSSR count). The third-order valence-electron chi connectivity index (χ3n) is 4.09. The number of hydrogen-bond donors (Lipinski definition) is 2. The SMILES string of the molecule is Cc1cccc(Nc2ccccc2NC(=O)c2ccccc2)c1C. The lowest BCUT2D eigenvalue weighted by Crippen LogP contribution is -2.13. The Bertz CT molecular complexity index is 857. The number of rotatable bonds is 4. The van der Waals surface area contributed by atoms with E-state index in [0.29, 0.717) is 5.56 Å². The second-order valence-electron chi connectivity index (χ2n) is 5.74. The topological polar surface area (TPSA) is 41.1 Å². The average Bonchev–Trinajstić information content (AvgIpc) is 2.61. The first-order valence-electron chi connectivity index (χ1n) is 7.94. The van der Waals surface area contributed by atoms with Crippen LogP contribution in [0.4, 0.5) is 17.1 Å². The Morgan fingerprint density at radius 3 is 2.08 bits per heavy atom. The molecule has 3 nitrogen and oxygen atoms in total. The molecule has 0 aliphatic carbocycles. The van der Waals surface area contributed by atoms with Crippen LogP contribution in [0.3, 0.4) is 0 Å². The Morgan fingerprint density at radius 2 is 1.33 bits per heavy atom. The summed E-state index contributed by atoms with van der Waals surface area (Å²) < 4.78 is 0. The summed E-state index contributed by atoms with van der Waals surface area (Å²) in [4.78, 5) is 12.4. The van der Waals surface area contributed by atoms with E-state index in [9.17, 15) is 4.79 Å². The lowest BCUT2D eigenvalue weighted by Gasteiger charge is -2.15. The summed E-state index contributed by atoms with van der Waals surface area (Å²) in [5.74, 6) is -0.120. The van der Waals surface area contributed by atoms with Crippen LogP contribution in [0.1, 0.15) is 21.5 Å². The summed E-state index contributed by atoms with van der Waals surface area (Å²) in [6.07, 6.45) is 0. The molecule has 0 spiro atoms. The molecular formula is C21H20N2O. The van der Waals surface area contributed by atoms with Gasteiger partial charge in [-0.25, -0.2) is 0 Å². The highest BCUT2D eigenvalue weighted by Crippen LogP contribution is 2.28. The average molecular weight is 316 g/mol. The molecule has 0 aliphatic rings. The number of carbonyl (C=O) groups is 1. The van der Waals surface area contributed by atoms with Crippen LogP contribution in [0.2, 0.25) is 0 Å². The van der Waals surface area contributed by atoms with Gasteiger partial charge in [0.15, 0.2) is 0 Å². The number of para-hydroxylation sites is 2. The van der Waals surface area contributed by atoms with E-state index in [1.807, 2.05) is 54.6 Å². The first-order chi connectivity index (χ1) is 11.6. The zero-order chi connectivity index (χ0) is 16.9. The molecule has 0 atom stereocenters. The summed E-state index contributed by atoms with van der Waals surface area (Å²) in [7, 11) is 0. The maximum atomic E-state index is 12.4. The first kappa shape index (κ1) is 15.8. The second-order valence-corrected chi connectivity index (χ2v) is 5.74. The van der Waals surface area contributed by atoms with Gasteiger partial charge < -0.3 is 10.6 Å². The third-order valence-corrected chi connectivity index (χ3v) is 4.09. The Hall–Kier alpha value is -3.07. The summed E-state index contributed by atoms with van der Waals surface area (Å²) in [6.45, 7) is 4.17. The van der Waals surface area contributed by atoms with Crippen LogP contribution in [0, 0.1) is 13.8 Å². The first-order valence-corrected chi connectivity index (χ1v) is 7.94. The molecule has 1 amide bonds. The van der Waals surface area contributed by atoms with Crippen molar-refractivity contribution < 1.29 is 4.79 Å². The van der Waals surface area contributed by atoms with Crippen molar-refractivity contribution in [3.63, 3.8) is 0 Å². The molecule has 3 heteroatoms. The van der Waals surface area contributed by atoms with Crippen LogP contribution in [0.15, 0.2) is 72.8 Å². The van der Waals surface area contributed by atoms with Gasteiger partial charge in [0, 0.05) is 11.3 Å². The number of amides is 1. The van der Waals surface area contributed by atoms with Crippen molar-refractivity contribution in [3.8, 4) is 0 Å². The Morgan fingerprint density at radius 1 is 0.708 bits per heavy atom. The van der Waals surface area contributed by atoms with Crippen molar-refractivity contribution >= 4 is 23.0 Å². The van der Waals surface area contributed by atoms with Gasteiger partial charge in [-0.3, -0.25) is 4.79 Å². The van der Waals surface area contributed by atoms with Crippen molar-refractivity contribution in [2.24, 2.45) is 0 Å². The maximum Gasteiger partial charge on any atom is 0.255 e. The number of aryl methyl sites for hydroxylation is 1. The van der Waals surface area contributed by atoms with E-state index in [1.165, 1.54) is 11.1 Å². The predicted octanol–water partition coefficient (Wildman–Crippen LogP) is 5.30. The van der Waals surface area contributed by atoms with E-state index in [4.69, 9.17) is 0 Å². The highest BCUT2D eigenvalue weighted by Gasteiger charge is 2.09. The van der Waals surface area contributed by atoms with Crippen molar-refractivity contribution in [1.29, 1.82) is 0 Å². The van der Waals surface area contributed by atoms with Crippen molar-refractivity contribution in [2.45, 2.75) is 13.8 Å². The Kier molecular flexibility index (Phi) is 4.62. The molecule has 0 fully saturated rings. The molecule has 3 aromatic rings. The van der Waals surface area contributed by atoms with Gasteiger partial charge in [-0.1, -0.05) is 42.5 Å². The summed E-state index contributed by atoms with van der Waals surface area (Å²) in [5.41, 5.74) is 5.73. The Balaban J connectivity index is 1.86. The van der Waals surface area contributed by atoms with E-state index in [1.54, 1.807) is 12.1 Å². The standard InChI is InChI=1S/C21H20N2O/c1-15-9-8-14-18(16(15)2)22-19-12-6-7-13-20(19)23-21(24)17-10-4-3-5-11-17/h3-14,22H,1-2H3,(H,23,24). The van der Waals surface area contributed by atoms with E-state index in [-0.39, 0.29) is 5.91 Å². The fourth-order valence-electron chi connectivity index (χ4n) is 2.52. The minimum Gasteiger partial charge on any atom is -0.354 e. The van der Waals surface area contributed by atoms with Crippen LogP contribution < -0.4 is 10.6 Å². The van der Waals surface area contributed by atoms with Gasteiger partial charge in [-0.2, -0.15) is 0 Å². The van der Waals surface area contributed by atoms with Crippen molar-refractivity contribution in [1.82, 2.24) is 0 Å². The van der Waals surface area contributed by atoms with Crippen LogP contribution in [0.5, 0.6) is 0 Å². The molecule has 0 bridgehead atoms. The van der Waals surface area contributed by atoms with Gasteiger partial charge in [0.2, 0.25) is 0 Å². The van der Waals surface area contributed by atoms with Crippen LogP contribution in [-0.2, 0) is 0 Å². The molecule has 120 valence electrons. The molecule has 0 radical (unpaired) electrons. The fraction of sp³-hybridized carbons (Fsp3) is 0.0952. The Labute approximate surface area is 142 Å².